The number of ether oxygens (including phenoxy) is 2. The molecule has 0 unspecified atom stereocenters. The number of anilines is 1. The number of halogens is 1. The van der Waals surface area contributed by atoms with Crippen molar-refractivity contribution in [2.45, 2.75) is 13.5 Å². The van der Waals surface area contributed by atoms with Crippen LogP contribution in [0.1, 0.15) is 12.5 Å². The fourth-order valence-electron chi connectivity index (χ4n) is 3.78. The Morgan fingerprint density at radius 1 is 1.19 bits per heavy atom. The lowest BCUT2D eigenvalue weighted by atomic mass is 10.1. The summed E-state index contributed by atoms with van der Waals surface area (Å²) in [6, 6.07) is 10.7. The molecule has 2 heterocycles. The van der Waals surface area contributed by atoms with Gasteiger partial charge in [0.1, 0.15) is 5.58 Å². The summed E-state index contributed by atoms with van der Waals surface area (Å²) in [6.07, 6.45) is -1.44. The summed E-state index contributed by atoms with van der Waals surface area (Å²) in [5.74, 6) is 0.588. The molecule has 1 aliphatic heterocycles. The molecule has 0 amide bonds. The number of carbonyl (C=O) groups is 1. The van der Waals surface area contributed by atoms with Crippen molar-refractivity contribution in [3.8, 4) is 17.4 Å². The van der Waals surface area contributed by atoms with Crippen LogP contribution in [0.4, 0.5) is 10.5 Å². The highest BCUT2D eigenvalue weighted by molar-refractivity contribution is 6.38. The van der Waals surface area contributed by atoms with Crippen LogP contribution in [-0.2, 0) is 6.54 Å². The van der Waals surface area contributed by atoms with E-state index in [0.29, 0.717) is 34.9 Å². The van der Waals surface area contributed by atoms with Crippen LogP contribution >= 0.6 is 11.6 Å². The highest BCUT2D eigenvalue weighted by atomic mass is 35.5. The Morgan fingerprint density at radius 3 is 2.68 bits per heavy atom. The number of fused-ring (bicyclic) bond motifs is 1. The van der Waals surface area contributed by atoms with Crippen LogP contribution in [0, 0.1) is 0 Å². The van der Waals surface area contributed by atoms with Gasteiger partial charge in [0.2, 0.25) is 0 Å². The SMILES string of the molecule is CCOc1cccc(CN2CCN(c3ccc4oc(OC(=O)O)cc4c3Cl)CC2)c1O. The van der Waals surface area contributed by atoms with E-state index < -0.39 is 6.16 Å². The Bertz CT molecular complexity index is 1090. The third kappa shape index (κ3) is 4.50. The number of nitrogens with zero attached hydrogens (tertiary/aromatic N) is 2. The van der Waals surface area contributed by atoms with Gasteiger partial charge in [-0.1, -0.05) is 23.7 Å². The van der Waals surface area contributed by atoms with Gasteiger partial charge >= 0.3 is 6.16 Å². The van der Waals surface area contributed by atoms with Crippen LogP contribution in [-0.4, -0.2) is 54.1 Å². The third-order valence-corrected chi connectivity index (χ3v) is 5.67. The normalized spacial score (nSPS) is 14.7. The fourth-order valence-corrected chi connectivity index (χ4v) is 4.11. The molecular weight excluding hydrogens is 424 g/mol. The van der Waals surface area contributed by atoms with Crippen molar-refractivity contribution in [1.29, 1.82) is 0 Å². The van der Waals surface area contributed by atoms with Gasteiger partial charge in [0.05, 0.1) is 17.3 Å². The zero-order valence-corrected chi connectivity index (χ0v) is 17.8. The Labute approximate surface area is 184 Å². The number of para-hydroxylation sites is 1. The molecule has 1 fully saturated rings. The summed E-state index contributed by atoms with van der Waals surface area (Å²) in [5, 5.41) is 20.3. The second-order valence-electron chi connectivity index (χ2n) is 7.20. The zero-order valence-electron chi connectivity index (χ0n) is 17.0. The van der Waals surface area contributed by atoms with Crippen LogP contribution in [0.25, 0.3) is 11.0 Å². The topological polar surface area (TPSA) is 95.6 Å². The Kier molecular flexibility index (Phi) is 6.11. The van der Waals surface area contributed by atoms with Gasteiger partial charge in [0, 0.05) is 49.7 Å². The number of furan rings is 1. The molecule has 0 spiro atoms. The molecule has 2 aromatic carbocycles. The number of phenolic OH excluding ortho intramolecular Hbond substituents is 1. The lowest BCUT2D eigenvalue weighted by Gasteiger charge is -2.36. The number of hydrogen-bond donors (Lipinski definition) is 2. The lowest BCUT2D eigenvalue weighted by molar-refractivity contribution is 0.134. The number of hydrogen-bond acceptors (Lipinski definition) is 7. The number of carboxylic acid groups (broad SMARTS) is 1. The molecule has 0 atom stereocenters. The summed E-state index contributed by atoms with van der Waals surface area (Å²) in [7, 11) is 0. The van der Waals surface area contributed by atoms with Crippen LogP contribution in [0.15, 0.2) is 40.8 Å². The molecule has 2 N–H and O–H groups in total. The van der Waals surface area contributed by atoms with Gasteiger partial charge in [-0.05, 0) is 25.1 Å². The van der Waals surface area contributed by atoms with E-state index in [2.05, 4.69) is 14.5 Å². The number of benzene rings is 2. The standard InChI is InChI=1S/C22H23ClN2O6/c1-2-29-18-5-3-4-14(21(18)26)13-24-8-10-25(11-9-24)16-6-7-17-15(20(16)23)12-19(30-17)31-22(27)28/h3-7,12,26H,2,8-11,13H2,1H3,(H,27,28). The van der Waals surface area contributed by atoms with E-state index in [-0.39, 0.29) is 11.7 Å². The predicted molar refractivity (Wildman–Crippen MR) is 117 cm³/mol. The zero-order chi connectivity index (χ0) is 22.0. The van der Waals surface area contributed by atoms with Crippen LogP contribution in [0.2, 0.25) is 5.02 Å². The number of piperazine rings is 1. The van der Waals surface area contributed by atoms with Gasteiger partial charge in [-0.25, -0.2) is 4.79 Å². The monoisotopic (exact) mass is 446 g/mol. The maximum Gasteiger partial charge on any atom is 0.513 e. The molecule has 3 aromatic rings. The quantitative estimate of drug-likeness (QED) is 0.531. The van der Waals surface area contributed by atoms with Crippen LogP contribution < -0.4 is 14.4 Å². The second-order valence-corrected chi connectivity index (χ2v) is 7.58. The van der Waals surface area contributed by atoms with Gasteiger partial charge in [-0.15, -0.1) is 0 Å². The first-order chi connectivity index (χ1) is 15.0. The van der Waals surface area contributed by atoms with Crippen molar-refractivity contribution in [1.82, 2.24) is 4.90 Å². The summed E-state index contributed by atoms with van der Waals surface area (Å²) in [6.45, 7) is 6.13. The molecule has 164 valence electrons. The lowest BCUT2D eigenvalue weighted by Crippen LogP contribution is -2.46. The fraction of sp³-hybridized carbons (Fsp3) is 0.318. The van der Waals surface area contributed by atoms with Crippen LogP contribution in [0.3, 0.4) is 0 Å². The number of rotatable bonds is 6. The first kappa shape index (κ1) is 21.1. The van der Waals surface area contributed by atoms with Crippen molar-refractivity contribution in [3.63, 3.8) is 0 Å². The van der Waals surface area contributed by atoms with Crippen molar-refractivity contribution in [2.75, 3.05) is 37.7 Å². The molecule has 9 heteroatoms. The van der Waals surface area contributed by atoms with Gasteiger partial charge < -0.3 is 29.0 Å². The second kappa shape index (κ2) is 8.95. The van der Waals surface area contributed by atoms with Crippen molar-refractivity contribution in [2.24, 2.45) is 0 Å². The first-order valence-corrected chi connectivity index (χ1v) is 10.4. The van der Waals surface area contributed by atoms with Gasteiger partial charge in [-0.3, -0.25) is 4.90 Å². The maximum atomic E-state index is 10.7. The van der Waals surface area contributed by atoms with E-state index in [1.54, 1.807) is 12.1 Å². The molecule has 8 nitrogen and oxygen atoms in total. The molecule has 1 saturated heterocycles. The van der Waals surface area contributed by atoms with E-state index >= 15 is 0 Å². The largest absolute Gasteiger partial charge is 0.513 e. The molecule has 0 aliphatic carbocycles. The average molecular weight is 447 g/mol. The smallest absolute Gasteiger partial charge is 0.504 e. The predicted octanol–water partition coefficient (Wildman–Crippen LogP) is 4.57. The molecule has 0 bridgehead atoms. The third-order valence-electron chi connectivity index (χ3n) is 5.27. The molecule has 1 aliphatic rings. The number of aromatic hydroxyl groups is 1. The van der Waals surface area contributed by atoms with Gasteiger partial charge in [0.25, 0.3) is 5.95 Å². The Balaban J connectivity index is 1.44. The summed E-state index contributed by atoms with van der Waals surface area (Å²) >= 11 is 6.59. The summed E-state index contributed by atoms with van der Waals surface area (Å²) in [5.41, 5.74) is 2.16. The minimum absolute atomic E-state index is 0.111. The van der Waals surface area contributed by atoms with Gasteiger partial charge in [-0.2, -0.15) is 0 Å². The Hall–Kier alpha value is -3.10. The van der Waals surface area contributed by atoms with E-state index in [1.807, 2.05) is 25.1 Å². The maximum absolute atomic E-state index is 10.7. The first-order valence-electron chi connectivity index (χ1n) is 10.00. The molecule has 1 aromatic heterocycles. The van der Waals surface area contributed by atoms with E-state index in [1.165, 1.54) is 6.07 Å². The summed E-state index contributed by atoms with van der Waals surface area (Å²) < 4.78 is 15.4. The minimum atomic E-state index is -1.44. The summed E-state index contributed by atoms with van der Waals surface area (Å²) in [4.78, 5) is 15.2. The molecule has 0 radical (unpaired) electrons. The molecule has 0 saturated carbocycles. The average Bonchev–Trinajstić information content (AvgIpc) is 3.15. The van der Waals surface area contributed by atoms with Crippen molar-refractivity contribution in [3.05, 3.63) is 47.0 Å². The van der Waals surface area contributed by atoms with Gasteiger partial charge in [0.15, 0.2) is 11.5 Å². The van der Waals surface area contributed by atoms with E-state index in [9.17, 15) is 9.90 Å². The molecule has 4 rings (SSSR count). The Morgan fingerprint density at radius 2 is 1.97 bits per heavy atom. The van der Waals surface area contributed by atoms with E-state index in [0.717, 1.165) is 37.4 Å². The van der Waals surface area contributed by atoms with Crippen molar-refractivity contribution >= 4 is 34.4 Å². The minimum Gasteiger partial charge on any atom is -0.504 e. The highest BCUT2D eigenvalue weighted by Crippen LogP contribution is 2.38. The van der Waals surface area contributed by atoms with Crippen LogP contribution in [0.5, 0.6) is 17.4 Å². The highest BCUT2D eigenvalue weighted by Gasteiger charge is 2.22. The molecular formula is C22H23ClN2O6. The number of phenols is 1. The van der Waals surface area contributed by atoms with Crippen molar-refractivity contribution < 1.29 is 28.9 Å². The molecule has 31 heavy (non-hydrogen) atoms. The van der Waals surface area contributed by atoms with E-state index in [4.69, 9.17) is 25.9 Å².